The van der Waals surface area contributed by atoms with Gasteiger partial charge in [-0.05, 0) is 55.0 Å². The highest BCUT2D eigenvalue weighted by Crippen LogP contribution is 2.33. The van der Waals surface area contributed by atoms with E-state index < -0.39 is 0 Å². The monoisotopic (exact) mass is 241 g/mol. The maximum atomic E-state index is 9.23. The molecule has 1 aromatic rings. The molecule has 94 valence electrons. The summed E-state index contributed by atoms with van der Waals surface area (Å²) in [5.74, 6) is 0.381. The van der Waals surface area contributed by atoms with E-state index in [1.165, 1.54) is 11.1 Å². The van der Waals surface area contributed by atoms with Crippen molar-refractivity contribution in [2.45, 2.75) is 19.8 Å². The van der Waals surface area contributed by atoms with Crippen LogP contribution in [-0.4, -0.2) is 16.7 Å². The zero-order chi connectivity index (χ0) is 13.0. The molecule has 2 nitrogen and oxygen atoms in total. The second-order valence-electron chi connectivity index (χ2n) is 4.78. The molecule has 1 N–H and O–H groups in total. The average molecular weight is 241 g/mol. The Bertz CT molecular complexity index is 485. The predicted octanol–water partition coefficient (Wildman–Crippen LogP) is 3.37. The van der Waals surface area contributed by atoms with E-state index in [1.807, 2.05) is 24.3 Å². The number of allylic oxidation sites excluding steroid dienone is 5. The van der Waals surface area contributed by atoms with Gasteiger partial charge in [-0.25, -0.2) is 0 Å². The Morgan fingerprint density at radius 1 is 1.50 bits per heavy atom. The number of hydrogen-bond donors (Lipinski definition) is 1. The van der Waals surface area contributed by atoms with Crippen LogP contribution >= 0.6 is 0 Å². The molecule has 0 amide bonds. The summed E-state index contributed by atoms with van der Waals surface area (Å²) in [6.45, 7) is 6.27. The van der Waals surface area contributed by atoms with Gasteiger partial charge in [-0.3, -0.25) is 4.98 Å². The largest absolute Gasteiger partial charge is 0.396 e. The lowest BCUT2D eigenvalue weighted by Crippen LogP contribution is -2.00. The fraction of sp³-hybridized carbons (Fsp3) is 0.312. The number of aromatic nitrogens is 1. The van der Waals surface area contributed by atoms with Gasteiger partial charge < -0.3 is 5.11 Å². The quantitative estimate of drug-likeness (QED) is 0.820. The van der Waals surface area contributed by atoms with E-state index in [0.717, 1.165) is 24.1 Å². The fourth-order valence-corrected chi connectivity index (χ4v) is 2.39. The van der Waals surface area contributed by atoms with Crippen LogP contribution in [-0.2, 0) is 0 Å². The highest BCUT2D eigenvalue weighted by molar-refractivity contribution is 5.73. The van der Waals surface area contributed by atoms with Crippen LogP contribution in [0.5, 0.6) is 0 Å². The second-order valence-corrected chi connectivity index (χ2v) is 4.78. The number of rotatable bonds is 4. The Labute approximate surface area is 108 Å². The van der Waals surface area contributed by atoms with Crippen molar-refractivity contribution < 1.29 is 5.11 Å². The summed E-state index contributed by atoms with van der Waals surface area (Å²) in [7, 11) is 0. The van der Waals surface area contributed by atoms with Gasteiger partial charge >= 0.3 is 0 Å². The normalized spacial score (nSPS) is 20.3. The summed E-state index contributed by atoms with van der Waals surface area (Å²) in [5, 5.41) is 9.23. The predicted molar refractivity (Wildman–Crippen MR) is 74.9 cm³/mol. The third-order valence-corrected chi connectivity index (χ3v) is 3.42. The van der Waals surface area contributed by atoms with Gasteiger partial charge in [0.1, 0.15) is 0 Å². The van der Waals surface area contributed by atoms with Crippen molar-refractivity contribution in [3.8, 4) is 0 Å². The Balaban J connectivity index is 2.26. The summed E-state index contributed by atoms with van der Waals surface area (Å²) in [6, 6.07) is 5.88. The molecular weight excluding hydrogens is 222 g/mol. The highest BCUT2D eigenvalue weighted by atomic mass is 16.3. The number of aliphatic hydroxyl groups excluding tert-OH is 1. The van der Waals surface area contributed by atoms with Gasteiger partial charge in [-0.1, -0.05) is 24.3 Å². The minimum Gasteiger partial charge on any atom is -0.396 e. The molecule has 0 saturated carbocycles. The SMILES string of the molecule is C=C/C(=C\C1=C(C)C[C@@H](CO)C1)c1ccccn1. The van der Waals surface area contributed by atoms with E-state index in [4.69, 9.17) is 0 Å². The third-order valence-electron chi connectivity index (χ3n) is 3.42. The lowest BCUT2D eigenvalue weighted by molar-refractivity contribution is 0.232. The van der Waals surface area contributed by atoms with E-state index in [1.54, 1.807) is 6.20 Å². The maximum absolute atomic E-state index is 9.23. The molecule has 0 saturated heterocycles. The van der Waals surface area contributed by atoms with Gasteiger partial charge in [-0.15, -0.1) is 0 Å². The zero-order valence-electron chi connectivity index (χ0n) is 10.8. The van der Waals surface area contributed by atoms with Crippen LogP contribution in [0.2, 0.25) is 0 Å². The van der Waals surface area contributed by atoms with Crippen molar-refractivity contribution in [3.63, 3.8) is 0 Å². The first kappa shape index (κ1) is 12.8. The molecular formula is C16H19NO. The minimum atomic E-state index is 0.266. The van der Waals surface area contributed by atoms with Crippen molar-refractivity contribution in [2.75, 3.05) is 6.61 Å². The molecule has 1 heterocycles. The highest BCUT2D eigenvalue weighted by Gasteiger charge is 2.19. The van der Waals surface area contributed by atoms with Crippen LogP contribution in [0, 0.1) is 5.92 Å². The molecule has 0 aliphatic heterocycles. The summed E-state index contributed by atoms with van der Waals surface area (Å²) in [6.07, 6.45) is 7.73. The molecule has 0 radical (unpaired) electrons. The van der Waals surface area contributed by atoms with Crippen LogP contribution in [0.25, 0.3) is 5.57 Å². The van der Waals surface area contributed by atoms with Crippen molar-refractivity contribution in [1.29, 1.82) is 0 Å². The molecule has 0 aromatic carbocycles. The van der Waals surface area contributed by atoms with Gasteiger partial charge in [0.05, 0.1) is 5.69 Å². The van der Waals surface area contributed by atoms with Gasteiger partial charge in [0, 0.05) is 12.8 Å². The van der Waals surface area contributed by atoms with E-state index >= 15 is 0 Å². The summed E-state index contributed by atoms with van der Waals surface area (Å²) in [4.78, 5) is 4.34. The molecule has 1 aromatic heterocycles. The van der Waals surface area contributed by atoms with E-state index in [-0.39, 0.29) is 6.61 Å². The first-order valence-corrected chi connectivity index (χ1v) is 6.29. The van der Waals surface area contributed by atoms with E-state index in [0.29, 0.717) is 5.92 Å². The summed E-state index contributed by atoms with van der Waals surface area (Å²) in [5.41, 5.74) is 4.67. The average Bonchev–Trinajstić information content (AvgIpc) is 2.77. The molecule has 2 rings (SSSR count). The molecule has 1 aliphatic rings. The number of pyridine rings is 1. The number of nitrogens with zero attached hydrogens (tertiary/aromatic N) is 1. The Morgan fingerprint density at radius 3 is 2.89 bits per heavy atom. The molecule has 0 fully saturated rings. The standard InChI is InChI=1S/C16H19NO/c1-3-14(16-6-4-5-7-17-16)10-15-9-13(11-18)8-12(15)2/h3-7,10,13,18H,1,8-9,11H2,2H3/b14-10+/t13-/m1/s1. The third kappa shape index (κ3) is 2.77. The first-order chi connectivity index (χ1) is 8.74. The molecule has 2 heteroatoms. The zero-order valence-corrected chi connectivity index (χ0v) is 10.8. The maximum Gasteiger partial charge on any atom is 0.0701 e. The lowest BCUT2D eigenvalue weighted by atomic mass is 10.0. The Hall–Kier alpha value is -1.67. The van der Waals surface area contributed by atoms with Crippen LogP contribution in [0.1, 0.15) is 25.5 Å². The van der Waals surface area contributed by atoms with Gasteiger partial charge in [0.15, 0.2) is 0 Å². The molecule has 0 spiro atoms. The van der Waals surface area contributed by atoms with E-state index in [9.17, 15) is 5.11 Å². The van der Waals surface area contributed by atoms with Gasteiger partial charge in [0.2, 0.25) is 0 Å². The molecule has 1 atom stereocenters. The smallest absolute Gasteiger partial charge is 0.0701 e. The first-order valence-electron chi connectivity index (χ1n) is 6.29. The number of hydrogen-bond acceptors (Lipinski definition) is 2. The van der Waals surface area contributed by atoms with Crippen LogP contribution in [0.15, 0.2) is 54.3 Å². The fourth-order valence-electron chi connectivity index (χ4n) is 2.39. The molecule has 1 aliphatic carbocycles. The van der Waals surface area contributed by atoms with Gasteiger partial charge in [0.25, 0.3) is 0 Å². The molecule has 0 unspecified atom stereocenters. The van der Waals surface area contributed by atoms with Crippen LogP contribution < -0.4 is 0 Å². The van der Waals surface area contributed by atoms with Crippen molar-refractivity contribution in [1.82, 2.24) is 4.98 Å². The van der Waals surface area contributed by atoms with E-state index in [2.05, 4.69) is 24.6 Å². The summed E-state index contributed by atoms with van der Waals surface area (Å²) < 4.78 is 0. The van der Waals surface area contributed by atoms with Crippen LogP contribution in [0.3, 0.4) is 0 Å². The van der Waals surface area contributed by atoms with Crippen molar-refractivity contribution in [3.05, 3.63) is 60.0 Å². The second kappa shape index (κ2) is 5.78. The van der Waals surface area contributed by atoms with Crippen molar-refractivity contribution >= 4 is 5.57 Å². The lowest BCUT2D eigenvalue weighted by Gasteiger charge is -2.05. The molecule has 0 bridgehead atoms. The number of aliphatic hydroxyl groups is 1. The Morgan fingerprint density at radius 2 is 2.33 bits per heavy atom. The van der Waals surface area contributed by atoms with Crippen LogP contribution in [0.4, 0.5) is 0 Å². The molecule has 18 heavy (non-hydrogen) atoms. The Kier molecular flexibility index (Phi) is 4.11. The van der Waals surface area contributed by atoms with Gasteiger partial charge in [-0.2, -0.15) is 0 Å². The minimum absolute atomic E-state index is 0.266. The summed E-state index contributed by atoms with van der Waals surface area (Å²) >= 11 is 0. The topological polar surface area (TPSA) is 33.1 Å². The van der Waals surface area contributed by atoms with Crippen molar-refractivity contribution in [2.24, 2.45) is 5.92 Å².